The Morgan fingerprint density at radius 3 is 3.16 bits per heavy atom. The van der Waals surface area contributed by atoms with Crippen molar-refractivity contribution in [3.05, 3.63) is 11.6 Å². The van der Waals surface area contributed by atoms with E-state index in [2.05, 4.69) is 15.2 Å². The normalized spacial score (nSPS) is 19.7. The molecule has 1 amide bonds. The molecule has 0 saturated carbocycles. The minimum Gasteiger partial charge on any atom is -0.396 e. The van der Waals surface area contributed by atoms with Crippen LogP contribution in [0.2, 0.25) is 0 Å². The molecule has 1 fully saturated rings. The number of aliphatic hydroxyl groups is 1. The third kappa shape index (κ3) is 4.26. The Bertz CT molecular complexity index is 383. The number of nitrogens with zero attached hydrogens (tertiary/aromatic N) is 2. The molecule has 2 N–H and O–H groups in total. The maximum Gasteiger partial charge on any atom is 0.243 e. The predicted octanol–water partition coefficient (Wildman–Crippen LogP) is 1.71. The molecule has 0 aliphatic carbocycles. The molecule has 106 valence electrons. The van der Waals surface area contributed by atoms with Crippen LogP contribution in [0.25, 0.3) is 0 Å². The van der Waals surface area contributed by atoms with Crippen molar-refractivity contribution in [1.29, 1.82) is 0 Å². The molecule has 1 aromatic rings. The topological polar surface area (TPSA) is 65.5 Å². The van der Waals surface area contributed by atoms with Gasteiger partial charge >= 0.3 is 0 Å². The first-order valence-corrected chi connectivity index (χ1v) is 7.74. The van der Waals surface area contributed by atoms with Crippen molar-refractivity contribution in [1.82, 2.24) is 9.88 Å². The van der Waals surface area contributed by atoms with Crippen molar-refractivity contribution in [2.45, 2.75) is 38.1 Å². The Morgan fingerprint density at radius 2 is 2.42 bits per heavy atom. The Labute approximate surface area is 117 Å². The number of carbonyl (C=O) groups excluding carboxylic acids is 1. The molecular weight excluding hydrogens is 262 g/mol. The number of hydrogen-bond donors (Lipinski definition) is 2. The molecule has 0 aromatic carbocycles. The van der Waals surface area contributed by atoms with E-state index in [1.165, 1.54) is 11.3 Å². The molecule has 0 spiro atoms. The van der Waals surface area contributed by atoms with Crippen LogP contribution in [-0.2, 0) is 4.79 Å². The number of amides is 1. The van der Waals surface area contributed by atoms with E-state index in [4.69, 9.17) is 5.11 Å². The van der Waals surface area contributed by atoms with E-state index in [1.54, 1.807) is 6.20 Å². The summed E-state index contributed by atoms with van der Waals surface area (Å²) in [4.78, 5) is 18.5. The third-order valence-corrected chi connectivity index (χ3v) is 4.12. The molecule has 1 aromatic heterocycles. The van der Waals surface area contributed by atoms with Gasteiger partial charge in [0, 0.05) is 18.2 Å². The number of anilines is 1. The lowest BCUT2D eigenvalue weighted by atomic mass is 10.2. The quantitative estimate of drug-likeness (QED) is 0.748. The van der Waals surface area contributed by atoms with E-state index in [0.717, 1.165) is 45.2 Å². The van der Waals surface area contributed by atoms with Crippen LogP contribution < -0.4 is 5.32 Å². The smallest absolute Gasteiger partial charge is 0.243 e. The number of carbonyl (C=O) groups is 1. The summed E-state index contributed by atoms with van der Waals surface area (Å²) in [6, 6.07) is -0.0157. The van der Waals surface area contributed by atoms with Crippen molar-refractivity contribution in [2.75, 3.05) is 25.0 Å². The van der Waals surface area contributed by atoms with Gasteiger partial charge in [-0.2, -0.15) is 0 Å². The lowest BCUT2D eigenvalue weighted by Gasteiger charge is -2.23. The largest absolute Gasteiger partial charge is 0.396 e. The van der Waals surface area contributed by atoms with Crippen LogP contribution >= 0.6 is 11.3 Å². The summed E-state index contributed by atoms with van der Waals surface area (Å²) in [5, 5.41) is 14.2. The van der Waals surface area contributed by atoms with Crippen molar-refractivity contribution < 1.29 is 9.90 Å². The summed E-state index contributed by atoms with van der Waals surface area (Å²) in [5.74, 6) is 0.0645. The van der Waals surface area contributed by atoms with Crippen LogP contribution in [0.15, 0.2) is 11.6 Å². The fourth-order valence-electron chi connectivity index (χ4n) is 2.47. The van der Waals surface area contributed by atoms with Crippen LogP contribution in [0.3, 0.4) is 0 Å². The first-order chi connectivity index (χ1) is 9.31. The number of unbranched alkanes of at least 4 members (excludes halogenated alkanes) is 2. The van der Waals surface area contributed by atoms with Crippen LogP contribution in [0.1, 0.15) is 32.1 Å². The molecule has 19 heavy (non-hydrogen) atoms. The molecular formula is C13H21N3O2S. The van der Waals surface area contributed by atoms with Gasteiger partial charge in [-0.15, -0.1) is 11.3 Å². The Hall–Kier alpha value is -0.980. The molecule has 0 bridgehead atoms. The zero-order valence-corrected chi connectivity index (χ0v) is 11.9. The summed E-state index contributed by atoms with van der Waals surface area (Å²) < 4.78 is 0. The summed E-state index contributed by atoms with van der Waals surface area (Å²) in [5.41, 5.74) is 0. The maximum atomic E-state index is 12.2. The molecule has 1 saturated heterocycles. The number of rotatable bonds is 7. The number of likely N-dealkylation sites (tertiary alicyclic amines) is 1. The summed E-state index contributed by atoms with van der Waals surface area (Å²) >= 11 is 1.45. The zero-order valence-electron chi connectivity index (χ0n) is 11.0. The standard InChI is InChI=1S/C13H21N3O2S/c17-9-3-1-2-7-16-8-4-5-11(16)12(18)15-13-14-6-10-19-13/h6,10-11,17H,1-5,7-9H2,(H,14,15,18). The molecule has 5 nitrogen and oxygen atoms in total. The summed E-state index contributed by atoms with van der Waals surface area (Å²) in [7, 11) is 0. The van der Waals surface area contributed by atoms with Gasteiger partial charge in [0.05, 0.1) is 6.04 Å². The minimum absolute atomic E-state index is 0.0157. The van der Waals surface area contributed by atoms with Gasteiger partial charge in [-0.3, -0.25) is 9.69 Å². The second kappa shape index (κ2) is 7.57. The lowest BCUT2D eigenvalue weighted by molar-refractivity contribution is -0.120. The average molecular weight is 283 g/mol. The molecule has 1 atom stereocenters. The van der Waals surface area contributed by atoms with Crippen LogP contribution in [0.5, 0.6) is 0 Å². The van der Waals surface area contributed by atoms with Gasteiger partial charge in [-0.1, -0.05) is 0 Å². The Morgan fingerprint density at radius 1 is 1.53 bits per heavy atom. The highest BCUT2D eigenvalue weighted by atomic mass is 32.1. The molecule has 1 aliphatic rings. The van der Waals surface area contributed by atoms with Crippen molar-refractivity contribution >= 4 is 22.4 Å². The van der Waals surface area contributed by atoms with Gasteiger partial charge in [-0.05, 0) is 45.2 Å². The number of hydrogen-bond acceptors (Lipinski definition) is 5. The molecule has 0 radical (unpaired) electrons. The van der Waals surface area contributed by atoms with Crippen LogP contribution in [0.4, 0.5) is 5.13 Å². The summed E-state index contributed by atoms with van der Waals surface area (Å²) in [6.45, 7) is 2.19. The van der Waals surface area contributed by atoms with E-state index in [-0.39, 0.29) is 18.6 Å². The molecule has 6 heteroatoms. The fraction of sp³-hybridized carbons (Fsp3) is 0.692. The van der Waals surface area contributed by atoms with Crippen molar-refractivity contribution in [2.24, 2.45) is 0 Å². The SMILES string of the molecule is O=C(Nc1nccs1)C1CCCN1CCCCCO. The van der Waals surface area contributed by atoms with E-state index >= 15 is 0 Å². The van der Waals surface area contributed by atoms with Gasteiger partial charge in [0.25, 0.3) is 0 Å². The van der Waals surface area contributed by atoms with Crippen LogP contribution in [-0.4, -0.2) is 46.6 Å². The first-order valence-electron chi connectivity index (χ1n) is 6.86. The lowest BCUT2D eigenvalue weighted by Crippen LogP contribution is -2.40. The zero-order chi connectivity index (χ0) is 13.5. The van der Waals surface area contributed by atoms with Gasteiger partial charge in [0.2, 0.25) is 5.91 Å². The van der Waals surface area contributed by atoms with Gasteiger partial charge in [0.1, 0.15) is 0 Å². The molecule has 2 heterocycles. The second-order valence-electron chi connectivity index (χ2n) is 4.80. The van der Waals surface area contributed by atoms with E-state index in [9.17, 15) is 4.79 Å². The van der Waals surface area contributed by atoms with Gasteiger partial charge in [0.15, 0.2) is 5.13 Å². The first kappa shape index (κ1) is 14.4. The molecule has 2 rings (SSSR count). The summed E-state index contributed by atoms with van der Waals surface area (Å²) in [6.07, 6.45) is 6.62. The second-order valence-corrected chi connectivity index (χ2v) is 5.70. The highest BCUT2D eigenvalue weighted by Crippen LogP contribution is 2.20. The number of thiazole rings is 1. The highest BCUT2D eigenvalue weighted by Gasteiger charge is 2.30. The Kier molecular flexibility index (Phi) is 5.75. The number of aromatic nitrogens is 1. The number of aliphatic hydroxyl groups excluding tert-OH is 1. The average Bonchev–Trinajstić information content (AvgIpc) is 3.05. The van der Waals surface area contributed by atoms with Crippen molar-refractivity contribution in [3.63, 3.8) is 0 Å². The highest BCUT2D eigenvalue weighted by molar-refractivity contribution is 7.13. The fourth-order valence-corrected chi connectivity index (χ4v) is 3.00. The monoisotopic (exact) mass is 283 g/mol. The minimum atomic E-state index is -0.0157. The van der Waals surface area contributed by atoms with E-state index in [0.29, 0.717) is 5.13 Å². The van der Waals surface area contributed by atoms with Gasteiger partial charge < -0.3 is 10.4 Å². The molecule has 1 unspecified atom stereocenters. The number of nitrogens with one attached hydrogen (secondary N) is 1. The van der Waals surface area contributed by atoms with E-state index in [1.807, 2.05) is 5.38 Å². The van der Waals surface area contributed by atoms with Gasteiger partial charge in [-0.25, -0.2) is 4.98 Å². The predicted molar refractivity (Wildman–Crippen MR) is 76.3 cm³/mol. The van der Waals surface area contributed by atoms with Crippen LogP contribution in [0, 0.1) is 0 Å². The molecule has 1 aliphatic heterocycles. The Balaban J connectivity index is 1.79. The van der Waals surface area contributed by atoms with Crippen molar-refractivity contribution in [3.8, 4) is 0 Å². The maximum absolute atomic E-state index is 12.2. The third-order valence-electron chi connectivity index (χ3n) is 3.43. The van der Waals surface area contributed by atoms with E-state index < -0.39 is 0 Å².